The summed E-state index contributed by atoms with van der Waals surface area (Å²) in [5, 5.41) is 5.17. The first-order valence-electron chi connectivity index (χ1n) is 9.48. The van der Waals surface area contributed by atoms with Gasteiger partial charge in [0.05, 0.1) is 13.3 Å². The van der Waals surface area contributed by atoms with Gasteiger partial charge in [0.2, 0.25) is 5.96 Å². The van der Waals surface area contributed by atoms with Gasteiger partial charge in [-0.1, -0.05) is 47.5 Å². The van der Waals surface area contributed by atoms with E-state index in [1.165, 1.54) is 6.42 Å². The van der Waals surface area contributed by atoms with Crippen LogP contribution in [0.3, 0.4) is 0 Å². The van der Waals surface area contributed by atoms with Crippen molar-refractivity contribution >= 4 is 23.1 Å². The summed E-state index contributed by atoms with van der Waals surface area (Å²) in [6.07, 6.45) is 6.99. The van der Waals surface area contributed by atoms with Gasteiger partial charge < -0.3 is 15.5 Å². The number of hydrogen-bond donors (Lipinski definition) is 3. The molecule has 148 valence electrons. The molecular weight excluding hydrogens is 326 g/mol. The van der Waals surface area contributed by atoms with Gasteiger partial charge >= 0.3 is 0 Å². The molecule has 6 heteroatoms. The van der Waals surface area contributed by atoms with E-state index in [0.29, 0.717) is 5.96 Å². The Morgan fingerprint density at radius 1 is 1.27 bits per heavy atom. The lowest BCUT2D eigenvalue weighted by molar-refractivity contribution is 0.415. The van der Waals surface area contributed by atoms with Gasteiger partial charge in [0.15, 0.2) is 0 Å². The third-order valence-corrected chi connectivity index (χ3v) is 3.35. The fraction of sp³-hybridized carbons (Fsp3) is 0.500. The highest BCUT2D eigenvalue weighted by Gasteiger charge is 2.03. The number of guanidine groups is 1. The average Bonchev–Trinajstić information content (AvgIpc) is 3.10. The van der Waals surface area contributed by atoms with Crippen molar-refractivity contribution < 1.29 is 6.16 Å². The first kappa shape index (κ1) is 23.5. The lowest BCUT2D eigenvalue weighted by Crippen LogP contribution is -2.27. The Morgan fingerprint density at radius 3 is 2.65 bits per heavy atom. The molecule has 2 aromatic rings. The SMILES string of the molecule is CC.CC.CCCCCN=C(N)N/N=C/c1c[nH]c2ccc(OC)cc12.[HH]. The normalized spacial score (nSPS) is 10.8. The van der Waals surface area contributed by atoms with Gasteiger partial charge in [-0.2, -0.15) is 5.10 Å². The maximum atomic E-state index is 5.75. The first-order chi connectivity index (χ1) is 12.7. The molecule has 0 bridgehead atoms. The van der Waals surface area contributed by atoms with Crippen LogP contribution in [0, 0.1) is 0 Å². The van der Waals surface area contributed by atoms with Crippen molar-refractivity contribution in [3.63, 3.8) is 0 Å². The van der Waals surface area contributed by atoms with Crippen LogP contribution in [0.4, 0.5) is 0 Å². The van der Waals surface area contributed by atoms with Crippen molar-refractivity contribution in [2.75, 3.05) is 13.7 Å². The quantitative estimate of drug-likeness (QED) is 0.283. The molecular formula is C20H37N5O. The molecule has 1 aromatic heterocycles. The van der Waals surface area contributed by atoms with E-state index >= 15 is 0 Å². The van der Waals surface area contributed by atoms with Crippen LogP contribution in [-0.2, 0) is 0 Å². The number of H-pyrrole nitrogens is 1. The highest BCUT2D eigenvalue weighted by molar-refractivity contribution is 5.99. The second-order valence-electron chi connectivity index (χ2n) is 5.00. The summed E-state index contributed by atoms with van der Waals surface area (Å²) in [6, 6.07) is 5.86. The Bertz CT molecular complexity index is 667. The molecule has 0 aliphatic carbocycles. The maximum absolute atomic E-state index is 5.75. The standard InChI is InChI=1S/C16H23N5O.2C2H6.H2/c1-3-4-5-8-18-16(17)21-20-11-12-10-19-15-7-6-13(22-2)9-14(12)15;2*1-2;/h6-7,9-11,19H,3-5,8H2,1-2H3,(H3,17,18,21);2*1-2H3;1H/b20-11+;;;. The van der Waals surface area contributed by atoms with Crippen LogP contribution in [0.5, 0.6) is 5.75 Å². The largest absolute Gasteiger partial charge is 0.497 e. The Labute approximate surface area is 159 Å². The minimum Gasteiger partial charge on any atom is -0.497 e. The van der Waals surface area contributed by atoms with Crippen molar-refractivity contribution in [1.82, 2.24) is 10.4 Å². The number of unbranched alkanes of at least 4 members (excludes halogenated alkanes) is 2. The van der Waals surface area contributed by atoms with Crippen LogP contribution in [0.15, 0.2) is 34.5 Å². The number of aromatic nitrogens is 1. The smallest absolute Gasteiger partial charge is 0.209 e. The zero-order chi connectivity index (χ0) is 19.8. The molecule has 1 heterocycles. The van der Waals surface area contributed by atoms with Crippen LogP contribution in [-0.4, -0.2) is 30.8 Å². The molecule has 2 rings (SSSR count). The van der Waals surface area contributed by atoms with Gasteiger partial charge in [0, 0.05) is 30.6 Å². The molecule has 0 fully saturated rings. The summed E-state index contributed by atoms with van der Waals surface area (Å²) < 4.78 is 5.24. The van der Waals surface area contributed by atoms with E-state index in [1.807, 2.05) is 52.1 Å². The topological polar surface area (TPSA) is 87.8 Å². The maximum Gasteiger partial charge on any atom is 0.209 e. The predicted octanol–water partition coefficient (Wildman–Crippen LogP) is 4.90. The zero-order valence-electron chi connectivity index (χ0n) is 17.1. The van der Waals surface area contributed by atoms with Gasteiger partial charge in [0.25, 0.3) is 0 Å². The number of ether oxygens (including phenoxy) is 1. The van der Waals surface area contributed by atoms with Crippen molar-refractivity contribution in [2.45, 2.75) is 53.9 Å². The lowest BCUT2D eigenvalue weighted by atomic mass is 10.2. The fourth-order valence-corrected chi connectivity index (χ4v) is 2.12. The lowest BCUT2D eigenvalue weighted by Gasteiger charge is -2.00. The van der Waals surface area contributed by atoms with E-state index in [2.05, 4.69) is 27.4 Å². The third kappa shape index (κ3) is 8.05. The summed E-state index contributed by atoms with van der Waals surface area (Å²) in [5.41, 5.74) is 10.5. The molecule has 1 aromatic carbocycles. The number of methoxy groups -OCH3 is 1. The molecule has 0 atom stereocenters. The summed E-state index contributed by atoms with van der Waals surface area (Å²) >= 11 is 0. The predicted molar refractivity (Wildman–Crippen MR) is 116 cm³/mol. The van der Waals surface area contributed by atoms with Gasteiger partial charge in [-0.15, -0.1) is 0 Å². The van der Waals surface area contributed by atoms with E-state index in [9.17, 15) is 0 Å². The Hall–Kier alpha value is -2.50. The Balaban J connectivity index is 0. The van der Waals surface area contributed by atoms with Gasteiger partial charge in [-0.3, -0.25) is 4.99 Å². The number of aliphatic imine (C=N–C) groups is 1. The average molecular weight is 364 g/mol. The minimum atomic E-state index is 0. The molecule has 0 aliphatic rings. The highest BCUT2D eigenvalue weighted by atomic mass is 16.5. The number of aromatic amines is 1. The van der Waals surface area contributed by atoms with Gasteiger partial charge in [0.1, 0.15) is 5.75 Å². The fourth-order valence-electron chi connectivity index (χ4n) is 2.12. The highest BCUT2D eigenvalue weighted by Crippen LogP contribution is 2.22. The molecule has 6 nitrogen and oxygen atoms in total. The van der Waals surface area contributed by atoms with E-state index < -0.39 is 0 Å². The number of nitrogens with two attached hydrogens (primary N) is 1. The van der Waals surface area contributed by atoms with Crippen LogP contribution in [0.1, 0.15) is 60.9 Å². The number of benzene rings is 1. The van der Waals surface area contributed by atoms with E-state index in [1.54, 1.807) is 13.3 Å². The van der Waals surface area contributed by atoms with Crippen molar-refractivity contribution in [2.24, 2.45) is 15.8 Å². The van der Waals surface area contributed by atoms with Gasteiger partial charge in [-0.25, -0.2) is 5.43 Å². The molecule has 0 saturated heterocycles. The number of fused-ring (bicyclic) bond motifs is 1. The third-order valence-electron chi connectivity index (χ3n) is 3.35. The monoisotopic (exact) mass is 363 g/mol. The first-order valence-corrected chi connectivity index (χ1v) is 9.48. The number of rotatable bonds is 7. The minimum absolute atomic E-state index is 0. The molecule has 0 spiro atoms. The molecule has 0 saturated carbocycles. The van der Waals surface area contributed by atoms with Crippen LogP contribution >= 0.6 is 0 Å². The summed E-state index contributed by atoms with van der Waals surface area (Å²) in [4.78, 5) is 7.40. The van der Waals surface area contributed by atoms with E-state index in [-0.39, 0.29) is 1.43 Å². The van der Waals surface area contributed by atoms with Gasteiger partial charge in [-0.05, 0) is 24.6 Å². The van der Waals surface area contributed by atoms with Crippen LogP contribution in [0.2, 0.25) is 0 Å². The molecule has 26 heavy (non-hydrogen) atoms. The van der Waals surface area contributed by atoms with Crippen LogP contribution < -0.4 is 15.9 Å². The number of nitrogens with zero attached hydrogens (tertiary/aromatic N) is 2. The molecule has 0 radical (unpaired) electrons. The summed E-state index contributed by atoms with van der Waals surface area (Å²) in [5.74, 6) is 1.15. The molecule has 0 unspecified atom stereocenters. The van der Waals surface area contributed by atoms with E-state index in [4.69, 9.17) is 10.5 Å². The summed E-state index contributed by atoms with van der Waals surface area (Å²) in [7, 11) is 1.65. The number of hydrazone groups is 1. The second-order valence-corrected chi connectivity index (χ2v) is 5.00. The van der Waals surface area contributed by atoms with E-state index in [0.717, 1.165) is 41.6 Å². The molecule has 4 N–H and O–H groups in total. The molecule has 0 amide bonds. The summed E-state index contributed by atoms with van der Waals surface area (Å²) in [6.45, 7) is 10.9. The Kier molecular flexibility index (Phi) is 13.4. The molecule has 0 aliphatic heterocycles. The van der Waals surface area contributed by atoms with Crippen molar-refractivity contribution in [3.05, 3.63) is 30.0 Å². The van der Waals surface area contributed by atoms with Crippen LogP contribution in [0.25, 0.3) is 10.9 Å². The Morgan fingerprint density at radius 2 is 2.00 bits per heavy atom. The van der Waals surface area contributed by atoms with Crippen molar-refractivity contribution in [3.8, 4) is 5.75 Å². The zero-order valence-corrected chi connectivity index (χ0v) is 17.1. The number of hydrogen-bond acceptors (Lipinski definition) is 3. The number of nitrogens with one attached hydrogen (secondary N) is 2. The second kappa shape index (κ2) is 14.8. The van der Waals surface area contributed by atoms with Crippen molar-refractivity contribution in [1.29, 1.82) is 0 Å².